The largest absolute Gasteiger partial charge is 0.395 e. The summed E-state index contributed by atoms with van der Waals surface area (Å²) in [5.74, 6) is 0. The van der Waals surface area contributed by atoms with Crippen LogP contribution in [0, 0.1) is 0 Å². The molecule has 2 unspecified atom stereocenters. The minimum atomic E-state index is -0.613. The number of likely N-dealkylation sites (tertiary alicyclic amines) is 1. The average molecular weight is 215 g/mol. The lowest BCUT2D eigenvalue weighted by atomic mass is 10.0. The summed E-state index contributed by atoms with van der Waals surface area (Å²) in [6.07, 6.45) is 5.48. The molecule has 2 N–H and O–H groups in total. The Hall–Kier alpha value is -0.120. The van der Waals surface area contributed by atoms with Crippen molar-refractivity contribution in [3.8, 4) is 0 Å². The Bertz CT molecular complexity index is 182. The Labute approximate surface area is 93.1 Å². The summed E-state index contributed by atoms with van der Waals surface area (Å²) in [5.41, 5.74) is -0.613. The van der Waals surface area contributed by atoms with Gasteiger partial charge in [0.05, 0.1) is 12.2 Å². The van der Waals surface area contributed by atoms with Gasteiger partial charge in [-0.25, -0.2) is 0 Å². The zero-order chi connectivity index (χ0) is 11.3. The lowest BCUT2D eigenvalue weighted by Crippen LogP contribution is -2.46. The summed E-state index contributed by atoms with van der Waals surface area (Å²) in [6.45, 7) is 5.81. The van der Waals surface area contributed by atoms with Crippen LogP contribution in [-0.2, 0) is 0 Å². The molecule has 15 heavy (non-hydrogen) atoms. The Morgan fingerprint density at radius 3 is 2.67 bits per heavy atom. The second-order valence-corrected chi connectivity index (χ2v) is 5.01. The first-order valence-electron chi connectivity index (χ1n) is 6.16. The molecule has 0 aromatic rings. The fraction of sp³-hybridized carbons (Fsp3) is 1.00. The van der Waals surface area contributed by atoms with Crippen LogP contribution >= 0.6 is 0 Å². The SMILES string of the molecule is CCC(C)(O)CN1CCCCCC1CO. The van der Waals surface area contributed by atoms with E-state index in [2.05, 4.69) is 4.90 Å². The van der Waals surface area contributed by atoms with Crippen molar-refractivity contribution in [2.45, 2.75) is 57.6 Å². The van der Waals surface area contributed by atoms with Gasteiger partial charge < -0.3 is 10.2 Å². The van der Waals surface area contributed by atoms with Crippen LogP contribution in [0.4, 0.5) is 0 Å². The van der Waals surface area contributed by atoms with Crippen molar-refractivity contribution in [3.63, 3.8) is 0 Å². The van der Waals surface area contributed by atoms with E-state index in [1.807, 2.05) is 13.8 Å². The summed E-state index contributed by atoms with van der Waals surface area (Å²) < 4.78 is 0. The Morgan fingerprint density at radius 1 is 1.33 bits per heavy atom. The van der Waals surface area contributed by atoms with Gasteiger partial charge in [0, 0.05) is 12.6 Å². The molecule has 2 atom stereocenters. The second-order valence-electron chi connectivity index (χ2n) is 5.01. The zero-order valence-electron chi connectivity index (χ0n) is 10.1. The van der Waals surface area contributed by atoms with Gasteiger partial charge in [-0.1, -0.05) is 19.8 Å². The molecule has 1 fully saturated rings. The van der Waals surface area contributed by atoms with Gasteiger partial charge in [0.1, 0.15) is 0 Å². The van der Waals surface area contributed by atoms with Crippen LogP contribution in [0.1, 0.15) is 46.0 Å². The van der Waals surface area contributed by atoms with Crippen LogP contribution in [0.15, 0.2) is 0 Å². The highest BCUT2D eigenvalue weighted by atomic mass is 16.3. The maximum absolute atomic E-state index is 10.1. The molecule has 1 aliphatic heterocycles. The molecule has 0 aromatic carbocycles. The highest BCUT2D eigenvalue weighted by Crippen LogP contribution is 2.20. The van der Waals surface area contributed by atoms with Gasteiger partial charge in [-0.15, -0.1) is 0 Å². The molecule has 1 rings (SSSR count). The Balaban J connectivity index is 2.55. The first kappa shape index (κ1) is 12.9. The summed E-state index contributed by atoms with van der Waals surface area (Å²) in [5, 5.41) is 19.4. The van der Waals surface area contributed by atoms with Crippen LogP contribution in [-0.4, -0.2) is 46.5 Å². The second kappa shape index (κ2) is 5.83. The molecule has 1 heterocycles. The number of β-amino-alcohol motifs (C(OH)–C–C–N with tert-alkyl or cyclic N) is 1. The molecular formula is C12H25NO2. The fourth-order valence-corrected chi connectivity index (χ4v) is 2.20. The number of aliphatic hydroxyl groups excluding tert-OH is 1. The first-order chi connectivity index (χ1) is 7.09. The molecule has 0 aromatic heterocycles. The highest BCUT2D eigenvalue weighted by Gasteiger charge is 2.27. The molecule has 1 saturated heterocycles. The predicted molar refractivity (Wildman–Crippen MR) is 61.8 cm³/mol. The molecule has 90 valence electrons. The molecule has 0 amide bonds. The topological polar surface area (TPSA) is 43.7 Å². The van der Waals surface area contributed by atoms with E-state index in [0.717, 1.165) is 19.4 Å². The van der Waals surface area contributed by atoms with Crippen molar-refractivity contribution in [3.05, 3.63) is 0 Å². The van der Waals surface area contributed by atoms with E-state index >= 15 is 0 Å². The number of hydrogen-bond acceptors (Lipinski definition) is 3. The third-order valence-electron chi connectivity index (χ3n) is 3.52. The third-order valence-corrected chi connectivity index (χ3v) is 3.52. The van der Waals surface area contributed by atoms with Crippen LogP contribution < -0.4 is 0 Å². The van der Waals surface area contributed by atoms with E-state index in [9.17, 15) is 10.2 Å². The number of nitrogens with zero attached hydrogens (tertiary/aromatic N) is 1. The molecule has 3 heteroatoms. The van der Waals surface area contributed by atoms with Crippen molar-refractivity contribution in [2.75, 3.05) is 19.7 Å². The van der Waals surface area contributed by atoms with Crippen molar-refractivity contribution < 1.29 is 10.2 Å². The molecule has 0 saturated carbocycles. The van der Waals surface area contributed by atoms with E-state index < -0.39 is 5.60 Å². The van der Waals surface area contributed by atoms with E-state index in [-0.39, 0.29) is 12.6 Å². The van der Waals surface area contributed by atoms with Crippen molar-refractivity contribution in [1.82, 2.24) is 4.90 Å². The molecule has 0 radical (unpaired) electrons. The summed E-state index contributed by atoms with van der Waals surface area (Å²) in [6, 6.07) is 0.255. The van der Waals surface area contributed by atoms with Crippen LogP contribution in [0.2, 0.25) is 0 Å². The molecule has 0 spiro atoms. The van der Waals surface area contributed by atoms with Gasteiger partial charge in [0.2, 0.25) is 0 Å². The predicted octanol–water partition coefficient (Wildman–Crippen LogP) is 1.38. The van der Waals surface area contributed by atoms with Gasteiger partial charge >= 0.3 is 0 Å². The van der Waals surface area contributed by atoms with Gasteiger partial charge in [-0.3, -0.25) is 4.90 Å². The normalized spacial score (nSPS) is 28.4. The maximum atomic E-state index is 10.1. The molecular weight excluding hydrogens is 190 g/mol. The van der Waals surface area contributed by atoms with Gasteiger partial charge in [0.25, 0.3) is 0 Å². The average Bonchev–Trinajstić information content (AvgIpc) is 2.42. The van der Waals surface area contributed by atoms with E-state index in [4.69, 9.17) is 0 Å². The van der Waals surface area contributed by atoms with E-state index in [1.165, 1.54) is 19.3 Å². The highest BCUT2D eigenvalue weighted by molar-refractivity contribution is 4.82. The Kier molecular flexibility index (Phi) is 5.03. The van der Waals surface area contributed by atoms with E-state index in [0.29, 0.717) is 6.54 Å². The standard InChI is InChI=1S/C12H25NO2/c1-3-12(2,15)10-13-8-6-4-5-7-11(13)9-14/h11,14-15H,3-10H2,1-2H3. The minimum absolute atomic E-state index is 0.222. The molecule has 0 aliphatic carbocycles. The Morgan fingerprint density at radius 2 is 2.07 bits per heavy atom. The lowest BCUT2D eigenvalue weighted by molar-refractivity contribution is -0.00503. The number of aliphatic hydroxyl groups is 2. The van der Waals surface area contributed by atoms with E-state index in [1.54, 1.807) is 0 Å². The lowest BCUT2D eigenvalue weighted by Gasteiger charge is -2.34. The first-order valence-corrected chi connectivity index (χ1v) is 6.16. The summed E-state index contributed by atoms with van der Waals surface area (Å²) >= 11 is 0. The van der Waals surface area contributed by atoms with Crippen LogP contribution in [0.3, 0.4) is 0 Å². The molecule has 3 nitrogen and oxygen atoms in total. The van der Waals surface area contributed by atoms with Crippen LogP contribution in [0.25, 0.3) is 0 Å². The maximum Gasteiger partial charge on any atom is 0.0743 e. The fourth-order valence-electron chi connectivity index (χ4n) is 2.20. The number of hydrogen-bond donors (Lipinski definition) is 2. The van der Waals surface area contributed by atoms with Gasteiger partial charge in [0.15, 0.2) is 0 Å². The molecule has 0 bridgehead atoms. The molecule has 1 aliphatic rings. The quantitative estimate of drug-likeness (QED) is 0.744. The van der Waals surface area contributed by atoms with Gasteiger partial charge in [-0.05, 0) is 32.7 Å². The van der Waals surface area contributed by atoms with Crippen molar-refractivity contribution in [1.29, 1.82) is 0 Å². The summed E-state index contributed by atoms with van der Waals surface area (Å²) in [7, 11) is 0. The summed E-state index contributed by atoms with van der Waals surface area (Å²) in [4.78, 5) is 2.26. The van der Waals surface area contributed by atoms with Crippen LogP contribution in [0.5, 0.6) is 0 Å². The third kappa shape index (κ3) is 4.09. The van der Waals surface area contributed by atoms with Crippen molar-refractivity contribution in [2.24, 2.45) is 0 Å². The minimum Gasteiger partial charge on any atom is -0.395 e. The smallest absolute Gasteiger partial charge is 0.0743 e. The number of rotatable bonds is 4. The zero-order valence-corrected chi connectivity index (χ0v) is 10.1. The van der Waals surface area contributed by atoms with Gasteiger partial charge in [-0.2, -0.15) is 0 Å². The monoisotopic (exact) mass is 215 g/mol. The van der Waals surface area contributed by atoms with Crippen molar-refractivity contribution >= 4 is 0 Å².